The zero-order valence-electron chi connectivity index (χ0n) is 11.4. The number of benzene rings is 1. The molecule has 0 heterocycles. The lowest BCUT2D eigenvalue weighted by Crippen LogP contribution is -2.24. The highest BCUT2D eigenvalue weighted by Crippen LogP contribution is 2.24. The number of carbonyl (C=O) groups is 2. The molecule has 0 aromatic heterocycles. The normalized spacial score (nSPS) is 10.1. The zero-order valence-corrected chi connectivity index (χ0v) is 11.4. The molecule has 0 spiro atoms. The first-order valence-corrected chi connectivity index (χ1v) is 6.19. The fourth-order valence-electron chi connectivity index (χ4n) is 1.78. The van der Waals surface area contributed by atoms with Crippen LogP contribution < -0.4 is 10.1 Å². The second-order valence-electron chi connectivity index (χ2n) is 4.38. The summed E-state index contributed by atoms with van der Waals surface area (Å²) in [5.41, 5.74) is 2.07. The number of nitrogens with one attached hydrogen (secondary N) is 1. The molecule has 2 N–H and O–H groups in total. The molecule has 0 aliphatic heterocycles. The van der Waals surface area contributed by atoms with Gasteiger partial charge in [-0.3, -0.25) is 4.79 Å². The fraction of sp³-hybridized carbons (Fsp3) is 0.429. The Morgan fingerprint density at radius 3 is 2.32 bits per heavy atom. The molecule has 0 saturated carbocycles. The fourth-order valence-corrected chi connectivity index (χ4v) is 1.78. The lowest BCUT2D eigenvalue weighted by atomic mass is 10.1. The predicted molar refractivity (Wildman–Crippen MR) is 71.7 cm³/mol. The highest BCUT2D eigenvalue weighted by molar-refractivity contribution is 5.94. The summed E-state index contributed by atoms with van der Waals surface area (Å²) in [5.74, 6) is -0.629. The second-order valence-corrected chi connectivity index (χ2v) is 4.38. The van der Waals surface area contributed by atoms with Crippen LogP contribution in [0.1, 0.15) is 34.8 Å². The SMILES string of the molecule is CCCNC(=O)c1cc(C)c(OCC(=O)O)c(C)c1. The number of carboxylic acids is 1. The summed E-state index contributed by atoms with van der Waals surface area (Å²) in [5, 5.41) is 11.4. The van der Waals surface area contributed by atoms with Crippen molar-refractivity contribution in [2.24, 2.45) is 0 Å². The van der Waals surface area contributed by atoms with Crippen molar-refractivity contribution in [3.8, 4) is 5.75 Å². The van der Waals surface area contributed by atoms with Crippen molar-refractivity contribution in [1.82, 2.24) is 5.32 Å². The number of aliphatic carboxylic acids is 1. The molecule has 0 saturated heterocycles. The lowest BCUT2D eigenvalue weighted by molar-refractivity contribution is -0.139. The first-order chi connectivity index (χ1) is 8.95. The third-order valence-electron chi connectivity index (χ3n) is 2.60. The molecule has 0 fully saturated rings. The first kappa shape index (κ1) is 15.0. The number of carbonyl (C=O) groups excluding carboxylic acids is 1. The van der Waals surface area contributed by atoms with Crippen molar-refractivity contribution in [3.63, 3.8) is 0 Å². The molecule has 0 aliphatic carbocycles. The van der Waals surface area contributed by atoms with E-state index in [1.807, 2.05) is 6.92 Å². The van der Waals surface area contributed by atoms with E-state index in [0.717, 1.165) is 17.5 Å². The summed E-state index contributed by atoms with van der Waals surface area (Å²) < 4.78 is 5.21. The van der Waals surface area contributed by atoms with Crippen LogP contribution in [0.4, 0.5) is 0 Å². The van der Waals surface area contributed by atoms with Crippen LogP contribution in [0.3, 0.4) is 0 Å². The number of carboxylic acid groups (broad SMARTS) is 1. The van der Waals surface area contributed by atoms with E-state index in [1.165, 1.54) is 0 Å². The van der Waals surface area contributed by atoms with E-state index >= 15 is 0 Å². The second kappa shape index (κ2) is 6.78. The van der Waals surface area contributed by atoms with Crippen molar-refractivity contribution in [1.29, 1.82) is 0 Å². The van der Waals surface area contributed by atoms with Gasteiger partial charge in [-0.15, -0.1) is 0 Å². The third-order valence-corrected chi connectivity index (χ3v) is 2.60. The number of aryl methyl sites for hydroxylation is 2. The average Bonchev–Trinajstić information content (AvgIpc) is 2.34. The van der Waals surface area contributed by atoms with Crippen LogP contribution in [0.2, 0.25) is 0 Å². The van der Waals surface area contributed by atoms with Gasteiger partial charge in [0.15, 0.2) is 6.61 Å². The van der Waals surface area contributed by atoms with Gasteiger partial charge in [-0.1, -0.05) is 6.92 Å². The maximum Gasteiger partial charge on any atom is 0.341 e. The quantitative estimate of drug-likeness (QED) is 0.823. The summed E-state index contributed by atoms with van der Waals surface area (Å²) in [4.78, 5) is 22.3. The summed E-state index contributed by atoms with van der Waals surface area (Å²) in [6, 6.07) is 3.41. The summed E-state index contributed by atoms with van der Waals surface area (Å²) in [6.45, 7) is 5.82. The molecular weight excluding hydrogens is 246 g/mol. The van der Waals surface area contributed by atoms with Gasteiger partial charge >= 0.3 is 5.97 Å². The molecule has 1 aromatic rings. The molecule has 1 amide bonds. The molecule has 1 aromatic carbocycles. The van der Waals surface area contributed by atoms with Crippen molar-refractivity contribution in [2.45, 2.75) is 27.2 Å². The predicted octanol–water partition coefficient (Wildman–Crippen LogP) is 1.91. The molecule has 0 bridgehead atoms. The molecular formula is C14H19NO4. The van der Waals surface area contributed by atoms with Crippen LogP contribution in [0.5, 0.6) is 5.75 Å². The monoisotopic (exact) mass is 265 g/mol. The van der Waals surface area contributed by atoms with E-state index in [0.29, 0.717) is 17.9 Å². The molecule has 5 nitrogen and oxygen atoms in total. The molecule has 104 valence electrons. The van der Waals surface area contributed by atoms with Crippen molar-refractivity contribution < 1.29 is 19.4 Å². The maximum absolute atomic E-state index is 11.8. The van der Waals surface area contributed by atoms with E-state index in [-0.39, 0.29) is 12.5 Å². The largest absolute Gasteiger partial charge is 0.481 e. The van der Waals surface area contributed by atoms with E-state index in [9.17, 15) is 9.59 Å². The minimum atomic E-state index is -1.02. The number of ether oxygens (including phenoxy) is 1. The smallest absolute Gasteiger partial charge is 0.341 e. The van der Waals surface area contributed by atoms with Crippen molar-refractivity contribution >= 4 is 11.9 Å². The van der Waals surface area contributed by atoms with E-state index in [2.05, 4.69) is 5.32 Å². The van der Waals surface area contributed by atoms with Crippen LogP contribution in [0, 0.1) is 13.8 Å². The molecule has 1 rings (SSSR count). The van der Waals surface area contributed by atoms with Gasteiger partial charge in [0.25, 0.3) is 5.91 Å². The van der Waals surface area contributed by atoms with Crippen LogP contribution in [-0.2, 0) is 4.79 Å². The Hall–Kier alpha value is -2.04. The molecule has 0 atom stereocenters. The van der Waals surface area contributed by atoms with Crippen LogP contribution >= 0.6 is 0 Å². The van der Waals surface area contributed by atoms with Crippen LogP contribution in [0.25, 0.3) is 0 Å². The molecule has 19 heavy (non-hydrogen) atoms. The topological polar surface area (TPSA) is 75.6 Å². The standard InChI is InChI=1S/C14H19NO4/c1-4-5-15-14(18)11-6-9(2)13(10(3)7-11)19-8-12(16)17/h6-7H,4-5,8H2,1-3H3,(H,15,18)(H,16,17). The summed E-state index contributed by atoms with van der Waals surface area (Å²) in [7, 11) is 0. The molecule has 5 heteroatoms. The van der Waals surface area contributed by atoms with Crippen molar-refractivity contribution in [3.05, 3.63) is 28.8 Å². The van der Waals surface area contributed by atoms with Gasteiger partial charge in [-0.2, -0.15) is 0 Å². The third kappa shape index (κ3) is 4.28. The Morgan fingerprint density at radius 1 is 1.26 bits per heavy atom. The van der Waals surface area contributed by atoms with Gasteiger partial charge in [0, 0.05) is 12.1 Å². The number of hydrogen-bond donors (Lipinski definition) is 2. The minimum absolute atomic E-state index is 0.127. The van der Waals surface area contributed by atoms with Crippen LogP contribution in [0.15, 0.2) is 12.1 Å². The summed E-state index contributed by atoms with van der Waals surface area (Å²) in [6.07, 6.45) is 0.878. The summed E-state index contributed by atoms with van der Waals surface area (Å²) >= 11 is 0. The van der Waals surface area contributed by atoms with Gasteiger partial charge in [-0.25, -0.2) is 4.79 Å². The molecule has 0 unspecified atom stereocenters. The van der Waals surface area contributed by atoms with Crippen LogP contribution in [-0.4, -0.2) is 30.1 Å². The van der Waals surface area contributed by atoms with Gasteiger partial charge in [-0.05, 0) is 43.5 Å². The number of amides is 1. The Balaban J connectivity index is 2.90. The first-order valence-electron chi connectivity index (χ1n) is 6.19. The minimum Gasteiger partial charge on any atom is -0.481 e. The Bertz CT molecular complexity index is 459. The zero-order chi connectivity index (χ0) is 14.4. The van der Waals surface area contributed by atoms with Gasteiger partial charge in [0.1, 0.15) is 5.75 Å². The van der Waals surface area contributed by atoms with Crippen molar-refractivity contribution in [2.75, 3.05) is 13.2 Å². The van der Waals surface area contributed by atoms with Gasteiger partial charge < -0.3 is 15.2 Å². The average molecular weight is 265 g/mol. The number of rotatable bonds is 6. The lowest BCUT2D eigenvalue weighted by Gasteiger charge is -2.12. The highest BCUT2D eigenvalue weighted by atomic mass is 16.5. The Labute approximate surface area is 112 Å². The van der Waals surface area contributed by atoms with Gasteiger partial charge in [0.05, 0.1) is 0 Å². The molecule has 0 aliphatic rings. The molecule has 0 radical (unpaired) electrons. The van der Waals surface area contributed by atoms with E-state index in [1.54, 1.807) is 26.0 Å². The highest BCUT2D eigenvalue weighted by Gasteiger charge is 2.12. The Kier molecular flexibility index (Phi) is 5.36. The van der Waals surface area contributed by atoms with E-state index < -0.39 is 5.97 Å². The van der Waals surface area contributed by atoms with Gasteiger partial charge in [0.2, 0.25) is 0 Å². The maximum atomic E-state index is 11.8. The Morgan fingerprint density at radius 2 is 1.84 bits per heavy atom. The van der Waals surface area contributed by atoms with E-state index in [4.69, 9.17) is 9.84 Å². The number of hydrogen-bond acceptors (Lipinski definition) is 3.